The van der Waals surface area contributed by atoms with Crippen LogP contribution >= 0.6 is 11.8 Å². The average molecular weight is 242 g/mol. The van der Waals surface area contributed by atoms with Gasteiger partial charge in [0.15, 0.2) is 0 Å². The third kappa shape index (κ3) is 2.72. The van der Waals surface area contributed by atoms with Gasteiger partial charge in [0, 0.05) is 24.4 Å². The van der Waals surface area contributed by atoms with Crippen LogP contribution in [0.4, 0.5) is 0 Å². The summed E-state index contributed by atoms with van der Waals surface area (Å²) in [5.41, 5.74) is 0. The second-order valence-electron chi connectivity index (χ2n) is 5.08. The van der Waals surface area contributed by atoms with Crippen molar-refractivity contribution in [1.82, 2.24) is 10.2 Å². The number of hydrogen-bond donors (Lipinski definition) is 1. The van der Waals surface area contributed by atoms with Crippen LogP contribution < -0.4 is 5.32 Å². The minimum atomic E-state index is 0.248. The Kier molecular flexibility index (Phi) is 3.80. The maximum atomic E-state index is 11.8. The number of nitrogens with one attached hydrogen (secondary N) is 1. The van der Waals surface area contributed by atoms with Crippen LogP contribution in [-0.4, -0.2) is 48.0 Å². The highest BCUT2D eigenvalue weighted by Gasteiger charge is 2.36. The van der Waals surface area contributed by atoms with Crippen molar-refractivity contribution in [3.05, 3.63) is 0 Å². The molecule has 0 spiro atoms. The maximum Gasteiger partial charge on any atom is 0.236 e. The topological polar surface area (TPSA) is 32.3 Å². The van der Waals surface area contributed by atoms with Gasteiger partial charge < -0.3 is 10.2 Å². The Morgan fingerprint density at radius 1 is 1.50 bits per heavy atom. The molecule has 1 N–H and O–H groups in total. The van der Waals surface area contributed by atoms with Crippen LogP contribution in [0.5, 0.6) is 0 Å². The SMILES string of the molecule is CSC1(CNCC(=O)N(C)C2CC2)CCC1. The second-order valence-corrected chi connectivity index (χ2v) is 6.35. The average Bonchev–Trinajstić information content (AvgIpc) is 3.04. The third-order valence-electron chi connectivity index (χ3n) is 3.91. The molecule has 16 heavy (non-hydrogen) atoms. The molecule has 0 radical (unpaired) electrons. The Hall–Kier alpha value is -0.220. The van der Waals surface area contributed by atoms with E-state index in [1.165, 1.54) is 32.1 Å². The number of likely N-dealkylation sites (N-methyl/N-ethyl adjacent to an activating group) is 1. The Morgan fingerprint density at radius 3 is 2.62 bits per heavy atom. The van der Waals surface area contributed by atoms with Crippen LogP contribution in [0.2, 0.25) is 0 Å². The van der Waals surface area contributed by atoms with E-state index in [1.807, 2.05) is 23.7 Å². The summed E-state index contributed by atoms with van der Waals surface area (Å²) in [5, 5.41) is 3.33. The number of carbonyl (C=O) groups is 1. The van der Waals surface area contributed by atoms with Crippen molar-refractivity contribution in [2.24, 2.45) is 0 Å². The molecule has 0 unspecified atom stereocenters. The minimum Gasteiger partial charge on any atom is -0.342 e. The summed E-state index contributed by atoms with van der Waals surface area (Å²) in [6.07, 6.45) is 8.51. The number of amides is 1. The first-order valence-electron chi connectivity index (χ1n) is 6.18. The molecule has 0 saturated heterocycles. The van der Waals surface area contributed by atoms with Gasteiger partial charge in [0.2, 0.25) is 5.91 Å². The first kappa shape index (κ1) is 12.2. The zero-order valence-corrected chi connectivity index (χ0v) is 11.1. The molecule has 0 bridgehead atoms. The molecule has 2 saturated carbocycles. The summed E-state index contributed by atoms with van der Waals surface area (Å²) in [5.74, 6) is 0.248. The minimum absolute atomic E-state index is 0.248. The highest BCUT2D eigenvalue weighted by Crippen LogP contribution is 2.42. The van der Waals surface area contributed by atoms with Crippen LogP contribution in [0.25, 0.3) is 0 Å². The molecular formula is C12H22N2OS. The highest BCUT2D eigenvalue weighted by atomic mass is 32.2. The predicted molar refractivity (Wildman–Crippen MR) is 68.8 cm³/mol. The van der Waals surface area contributed by atoms with Crippen LogP contribution in [-0.2, 0) is 4.79 Å². The van der Waals surface area contributed by atoms with E-state index in [2.05, 4.69) is 11.6 Å². The summed E-state index contributed by atoms with van der Waals surface area (Å²) < 4.78 is 0.429. The number of rotatable bonds is 6. The molecule has 0 heterocycles. The molecule has 0 aromatic carbocycles. The van der Waals surface area contributed by atoms with E-state index in [9.17, 15) is 4.79 Å². The predicted octanol–water partition coefficient (Wildman–Crippen LogP) is 1.48. The van der Waals surface area contributed by atoms with Crippen molar-refractivity contribution in [3.63, 3.8) is 0 Å². The molecule has 2 aliphatic carbocycles. The monoisotopic (exact) mass is 242 g/mol. The van der Waals surface area contributed by atoms with Gasteiger partial charge in [-0.3, -0.25) is 4.79 Å². The summed E-state index contributed by atoms with van der Waals surface area (Å²) in [7, 11) is 1.93. The summed E-state index contributed by atoms with van der Waals surface area (Å²) in [4.78, 5) is 13.7. The maximum absolute atomic E-state index is 11.8. The molecule has 4 heteroatoms. The molecule has 2 fully saturated rings. The smallest absolute Gasteiger partial charge is 0.236 e. The summed E-state index contributed by atoms with van der Waals surface area (Å²) in [6.45, 7) is 1.49. The lowest BCUT2D eigenvalue weighted by Gasteiger charge is -2.40. The van der Waals surface area contributed by atoms with E-state index >= 15 is 0 Å². The molecule has 2 aliphatic rings. The van der Waals surface area contributed by atoms with Gasteiger partial charge in [-0.25, -0.2) is 0 Å². The van der Waals surface area contributed by atoms with Crippen LogP contribution in [0.15, 0.2) is 0 Å². The zero-order valence-electron chi connectivity index (χ0n) is 10.3. The second kappa shape index (κ2) is 4.96. The number of thioether (sulfide) groups is 1. The zero-order chi connectivity index (χ0) is 11.6. The first-order valence-corrected chi connectivity index (χ1v) is 7.41. The van der Waals surface area contributed by atoms with Crippen LogP contribution in [0, 0.1) is 0 Å². The molecule has 0 aliphatic heterocycles. The Labute approximate surface area is 102 Å². The van der Waals surface area contributed by atoms with Gasteiger partial charge in [-0.05, 0) is 31.9 Å². The fourth-order valence-electron chi connectivity index (χ4n) is 2.21. The number of carbonyl (C=O) groups excluding carboxylic acids is 1. The van der Waals surface area contributed by atoms with E-state index in [-0.39, 0.29) is 5.91 Å². The molecule has 3 nitrogen and oxygen atoms in total. The van der Waals surface area contributed by atoms with Gasteiger partial charge in [0.05, 0.1) is 6.54 Å². The molecular weight excluding hydrogens is 220 g/mol. The fourth-order valence-corrected chi connectivity index (χ4v) is 3.15. The van der Waals surface area contributed by atoms with E-state index < -0.39 is 0 Å². The van der Waals surface area contributed by atoms with Crippen molar-refractivity contribution >= 4 is 17.7 Å². The lowest BCUT2D eigenvalue weighted by atomic mass is 9.84. The van der Waals surface area contributed by atoms with Crippen molar-refractivity contribution in [3.8, 4) is 0 Å². The molecule has 2 rings (SSSR count). The van der Waals surface area contributed by atoms with E-state index in [0.29, 0.717) is 17.3 Å². The van der Waals surface area contributed by atoms with Gasteiger partial charge in [0.25, 0.3) is 0 Å². The van der Waals surface area contributed by atoms with Crippen molar-refractivity contribution < 1.29 is 4.79 Å². The van der Waals surface area contributed by atoms with Crippen molar-refractivity contribution in [2.75, 3.05) is 26.4 Å². The lowest BCUT2D eigenvalue weighted by Crippen LogP contribution is -2.46. The fraction of sp³-hybridized carbons (Fsp3) is 0.917. The highest BCUT2D eigenvalue weighted by molar-refractivity contribution is 8.00. The van der Waals surface area contributed by atoms with Gasteiger partial charge >= 0.3 is 0 Å². The molecule has 92 valence electrons. The number of nitrogens with zero attached hydrogens (tertiary/aromatic N) is 1. The van der Waals surface area contributed by atoms with Gasteiger partial charge in [-0.2, -0.15) is 11.8 Å². The van der Waals surface area contributed by atoms with Crippen molar-refractivity contribution in [1.29, 1.82) is 0 Å². The molecule has 0 aromatic heterocycles. The van der Waals surface area contributed by atoms with Gasteiger partial charge in [0.1, 0.15) is 0 Å². The molecule has 0 aromatic rings. The van der Waals surface area contributed by atoms with Crippen LogP contribution in [0.1, 0.15) is 32.1 Å². The first-order chi connectivity index (χ1) is 7.67. The van der Waals surface area contributed by atoms with E-state index in [0.717, 1.165) is 6.54 Å². The van der Waals surface area contributed by atoms with E-state index in [1.54, 1.807) is 0 Å². The molecule has 0 atom stereocenters. The lowest BCUT2D eigenvalue weighted by molar-refractivity contribution is -0.129. The Balaban J connectivity index is 1.65. The van der Waals surface area contributed by atoms with Crippen molar-refractivity contribution in [2.45, 2.75) is 42.9 Å². The standard InChI is InChI=1S/C12H22N2OS/c1-14(10-4-5-10)11(15)8-13-9-12(16-2)6-3-7-12/h10,13H,3-9H2,1-2H3. The normalized spacial score (nSPS) is 22.6. The summed E-state index contributed by atoms with van der Waals surface area (Å²) >= 11 is 1.95. The van der Waals surface area contributed by atoms with Gasteiger partial charge in [-0.1, -0.05) is 6.42 Å². The number of hydrogen-bond acceptors (Lipinski definition) is 3. The van der Waals surface area contributed by atoms with Gasteiger partial charge in [-0.15, -0.1) is 0 Å². The molecule has 1 amide bonds. The summed E-state index contributed by atoms with van der Waals surface area (Å²) in [6, 6.07) is 0.535. The largest absolute Gasteiger partial charge is 0.342 e. The third-order valence-corrected chi connectivity index (χ3v) is 5.33. The Morgan fingerprint density at radius 2 is 2.19 bits per heavy atom. The Bertz CT molecular complexity index is 256. The van der Waals surface area contributed by atoms with Crippen LogP contribution in [0.3, 0.4) is 0 Å². The van der Waals surface area contributed by atoms with E-state index in [4.69, 9.17) is 0 Å². The quantitative estimate of drug-likeness (QED) is 0.766.